The van der Waals surface area contributed by atoms with Crippen molar-refractivity contribution in [1.29, 1.82) is 0 Å². The van der Waals surface area contributed by atoms with Crippen LogP contribution in [0.4, 0.5) is 13.2 Å². The predicted octanol–water partition coefficient (Wildman–Crippen LogP) is 3.05. The van der Waals surface area contributed by atoms with Gasteiger partial charge in [0, 0.05) is 31.2 Å². The Morgan fingerprint density at radius 2 is 1.90 bits per heavy atom. The number of nitrogens with zero attached hydrogens (tertiary/aromatic N) is 1. The van der Waals surface area contributed by atoms with Crippen molar-refractivity contribution >= 4 is 0 Å². The summed E-state index contributed by atoms with van der Waals surface area (Å²) >= 11 is 0. The molecule has 1 aliphatic heterocycles. The molecule has 2 atom stereocenters. The third kappa shape index (κ3) is 5.75. The molecule has 0 radical (unpaired) electrons. The van der Waals surface area contributed by atoms with Gasteiger partial charge in [-0.05, 0) is 18.8 Å². The molecule has 126 valence electrons. The average molecular weight is 310 g/mol. The lowest BCUT2D eigenvalue weighted by atomic mass is 9.81. The lowest BCUT2D eigenvalue weighted by Gasteiger charge is -2.51. The van der Waals surface area contributed by atoms with Gasteiger partial charge in [-0.1, -0.05) is 27.7 Å². The van der Waals surface area contributed by atoms with Crippen LogP contribution in [0.15, 0.2) is 0 Å². The van der Waals surface area contributed by atoms with Crippen molar-refractivity contribution in [1.82, 2.24) is 10.2 Å². The zero-order chi connectivity index (χ0) is 16.3. The molecule has 0 aromatic carbocycles. The summed E-state index contributed by atoms with van der Waals surface area (Å²) in [6.07, 6.45) is -3.29. The van der Waals surface area contributed by atoms with Gasteiger partial charge in [-0.25, -0.2) is 0 Å². The number of alkyl halides is 3. The lowest BCUT2D eigenvalue weighted by Crippen LogP contribution is -2.66. The van der Waals surface area contributed by atoms with E-state index in [1.54, 1.807) is 0 Å². The fourth-order valence-corrected chi connectivity index (χ4v) is 2.61. The molecule has 0 saturated carbocycles. The summed E-state index contributed by atoms with van der Waals surface area (Å²) < 4.78 is 41.1. The first kappa shape index (κ1) is 18.7. The van der Waals surface area contributed by atoms with Gasteiger partial charge in [0.05, 0.1) is 6.61 Å². The maximum atomic E-state index is 12.1. The molecule has 2 unspecified atom stereocenters. The molecule has 3 nitrogen and oxygen atoms in total. The largest absolute Gasteiger partial charge is 0.411 e. The monoisotopic (exact) mass is 310 g/mol. The molecule has 0 aromatic rings. The van der Waals surface area contributed by atoms with Gasteiger partial charge in [0.2, 0.25) is 0 Å². The van der Waals surface area contributed by atoms with Crippen molar-refractivity contribution in [2.75, 3.05) is 32.8 Å². The Labute approximate surface area is 126 Å². The van der Waals surface area contributed by atoms with E-state index >= 15 is 0 Å². The molecule has 1 N–H and O–H groups in total. The lowest BCUT2D eigenvalue weighted by molar-refractivity contribution is -0.175. The number of hydrogen-bond acceptors (Lipinski definition) is 3. The Balaban J connectivity index is 2.56. The summed E-state index contributed by atoms with van der Waals surface area (Å²) in [5.74, 6) is 0. The number of nitrogens with one attached hydrogen (secondary N) is 1. The minimum absolute atomic E-state index is 0.0245. The second-order valence-electron chi connectivity index (χ2n) is 7.26. The maximum absolute atomic E-state index is 12.1. The van der Waals surface area contributed by atoms with Crippen LogP contribution in [0.2, 0.25) is 0 Å². The molecular weight excluding hydrogens is 281 g/mol. The highest BCUT2D eigenvalue weighted by atomic mass is 19.4. The molecule has 1 rings (SSSR count). The standard InChI is InChI=1S/C15H29F3N2O/c1-6-14(5)10-19-12(13(2,3)4)9-20(14)7-8-21-11-15(16,17)18/h12,19H,6-11H2,1-5H3. The van der Waals surface area contributed by atoms with Crippen LogP contribution in [0.3, 0.4) is 0 Å². The number of ether oxygens (including phenoxy) is 1. The van der Waals surface area contributed by atoms with E-state index in [9.17, 15) is 13.2 Å². The second-order valence-corrected chi connectivity index (χ2v) is 7.26. The fraction of sp³-hybridized carbons (Fsp3) is 1.00. The van der Waals surface area contributed by atoms with Crippen molar-refractivity contribution in [2.45, 2.75) is 58.8 Å². The summed E-state index contributed by atoms with van der Waals surface area (Å²) in [5.41, 5.74) is 0.101. The Bertz CT molecular complexity index is 328. The molecule has 0 aliphatic carbocycles. The Kier molecular flexibility index (Phi) is 6.09. The summed E-state index contributed by atoms with van der Waals surface area (Å²) in [7, 11) is 0. The third-order valence-electron chi connectivity index (χ3n) is 4.47. The first-order valence-electron chi connectivity index (χ1n) is 7.61. The highest BCUT2D eigenvalue weighted by Gasteiger charge is 2.39. The Hall–Kier alpha value is -0.330. The van der Waals surface area contributed by atoms with Crippen LogP contribution in [0, 0.1) is 5.41 Å². The molecule has 1 fully saturated rings. The molecule has 0 spiro atoms. The van der Waals surface area contributed by atoms with Gasteiger partial charge in [0.15, 0.2) is 0 Å². The van der Waals surface area contributed by atoms with Gasteiger partial charge < -0.3 is 10.1 Å². The summed E-state index contributed by atoms with van der Waals surface area (Å²) in [6, 6.07) is 0.333. The fourth-order valence-electron chi connectivity index (χ4n) is 2.61. The number of rotatable bonds is 5. The maximum Gasteiger partial charge on any atom is 0.411 e. The van der Waals surface area contributed by atoms with Crippen LogP contribution in [0.25, 0.3) is 0 Å². The average Bonchev–Trinajstić information content (AvgIpc) is 2.34. The van der Waals surface area contributed by atoms with Gasteiger partial charge in [0.25, 0.3) is 0 Å². The number of hydrogen-bond donors (Lipinski definition) is 1. The predicted molar refractivity (Wildman–Crippen MR) is 78.4 cm³/mol. The number of halogens is 3. The zero-order valence-electron chi connectivity index (χ0n) is 13.8. The van der Waals surface area contributed by atoms with Crippen LogP contribution in [-0.2, 0) is 4.74 Å². The Morgan fingerprint density at radius 3 is 2.38 bits per heavy atom. The van der Waals surface area contributed by atoms with E-state index in [4.69, 9.17) is 4.74 Å². The first-order chi connectivity index (χ1) is 9.48. The van der Waals surface area contributed by atoms with Crippen molar-refractivity contribution < 1.29 is 17.9 Å². The van der Waals surface area contributed by atoms with E-state index < -0.39 is 12.8 Å². The molecule has 21 heavy (non-hydrogen) atoms. The Morgan fingerprint density at radius 1 is 1.29 bits per heavy atom. The normalized spacial score (nSPS) is 28.9. The van der Waals surface area contributed by atoms with E-state index in [0.29, 0.717) is 12.6 Å². The van der Waals surface area contributed by atoms with E-state index in [1.807, 2.05) is 0 Å². The van der Waals surface area contributed by atoms with Crippen molar-refractivity contribution in [3.63, 3.8) is 0 Å². The summed E-state index contributed by atoms with van der Waals surface area (Å²) in [5, 5.41) is 3.58. The molecule has 1 aliphatic rings. The molecular formula is C15H29F3N2O. The molecule has 0 amide bonds. The van der Waals surface area contributed by atoms with Crippen molar-refractivity contribution in [3.8, 4) is 0 Å². The van der Waals surface area contributed by atoms with E-state index in [0.717, 1.165) is 19.5 Å². The van der Waals surface area contributed by atoms with Gasteiger partial charge in [-0.3, -0.25) is 4.90 Å². The SMILES string of the molecule is CCC1(C)CNC(C(C)(C)C)CN1CCOCC(F)(F)F. The number of piperazine rings is 1. The van der Waals surface area contributed by atoms with Gasteiger partial charge in [-0.15, -0.1) is 0 Å². The third-order valence-corrected chi connectivity index (χ3v) is 4.47. The van der Waals surface area contributed by atoms with Crippen LogP contribution in [0.5, 0.6) is 0 Å². The molecule has 6 heteroatoms. The minimum Gasteiger partial charge on any atom is -0.371 e. The minimum atomic E-state index is -4.24. The summed E-state index contributed by atoms with van der Waals surface area (Å²) in [4.78, 5) is 2.27. The molecule has 1 heterocycles. The van der Waals surface area contributed by atoms with E-state index in [2.05, 4.69) is 44.8 Å². The molecule has 0 aromatic heterocycles. The molecule has 0 bridgehead atoms. The van der Waals surface area contributed by atoms with Gasteiger partial charge in [0.1, 0.15) is 6.61 Å². The van der Waals surface area contributed by atoms with E-state index in [1.165, 1.54) is 0 Å². The quantitative estimate of drug-likeness (QED) is 0.790. The summed E-state index contributed by atoms with van der Waals surface area (Å²) in [6.45, 7) is 12.0. The highest BCUT2D eigenvalue weighted by molar-refractivity contribution is 4.98. The topological polar surface area (TPSA) is 24.5 Å². The van der Waals surface area contributed by atoms with Crippen LogP contribution in [0.1, 0.15) is 41.0 Å². The van der Waals surface area contributed by atoms with Crippen LogP contribution in [-0.4, -0.2) is 55.5 Å². The zero-order valence-corrected chi connectivity index (χ0v) is 13.8. The van der Waals surface area contributed by atoms with Crippen LogP contribution < -0.4 is 5.32 Å². The smallest absolute Gasteiger partial charge is 0.371 e. The first-order valence-corrected chi connectivity index (χ1v) is 7.61. The van der Waals surface area contributed by atoms with Crippen molar-refractivity contribution in [3.05, 3.63) is 0 Å². The van der Waals surface area contributed by atoms with Crippen LogP contribution >= 0.6 is 0 Å². The van der Waals surface area contributed by atoms with Gasteiger partial charge >= 0.3 is 6.18 Å². The van der Waals surface area contributed by atoms with E-state index in [-0.39, 0.29) is 17.6 Å². The van der Waals surface area contributed by atoms with Crippen molar-refractivity contribution in [2.24, 2.45) is 5.41 Å². The molecule has 1 saturated heterocycles. The highest BCUT2D eigenvalue weighted by Crippen LogP contribution is 2.29. The van der Waals surface area contributed by atoms with Gasteiger partial charge in [-0.2, -0.15) is 13.2 Å². The second kappa shape index (κ2) is 6.84.